The third kappa shape index (κ3) is 5.61. The van der Waals surface area contributed by atoms with Gasteiger partial charge in [-0.2, -0.15) is 0 Å². The van der Waals surface area contributed by atoms with Gasteiger partial charge in [0, 0.05) is 37.6 Å². The van der Waals surface area contributed by atoms with Crippen LogP contribution in [0.1, 0.15) is 37.9 Å². The Morgan fingerprint density at radius 3 is 2.43 bits per heavy atom. The van der Waals surface area contributed by atoms with Crippen LogP contribution in [0.4, 0.5) is 11.4 Å². The molecule has 0 amide bonds. The Labute approximate surface area is 214 Å². The van der Waals surface area contributed by atoms with Crippen molar-refractivity contribution in [2.24, 2.45) is 0 Å². The molecule has 9 nitrogen and oxygen atoms in total. The average molecular weight is 503 g/mol. The fourth-order valence-electron chi connectivity index (χ4n) is 4.37. The summed E-state index contributed by atoms with van der Waals surface area (Å²) < 4.78 is 6.01. The predicted octanol–water partition coefficient (Wildman–Crippen LogP) is 4.06. The van der Waals surface area contributed by atoms with Crippen LogP contribution in [0.15, 0.2) is 58.4 Å². The molecule has 4 rings (SSSR count). The van der Waals surface area contributed by atoms with Crippen LogP contribution in [0.3, 0.4) is 0 Å². The second kappa shape index (κ2) is 11.2. The molecule has 192 valence electrons. The maximum Gasteiger partial charge on any atom is 0.326 e. The second-order valence-electron chi connectivity index (χ2n) is 9.02. The Balaban J connectivity index is 1.51. The van der Waals surface area contributed by atoms with Gasteiger partial charge in [-0.15, -0.1) is 0 Å². The largest absolute Gasteiger partial charge is 0.480 e. The van der Waals surface area contributed by atoms with Gasteiger partial charge in [-0.1, -0.05) is 26.0 Å². The molecular weight excluding hydrogens is 472 g/mol. The van der Waals surface area contributed by atoms with Gasteiger partial charge in [0.15, 0.2) is 0 Å². The highest BCUT2D eigenvalue weighted by Crippen LogP contribution is 2.29. The Hall–Kier alpha value is -4.27. The van der Waals surface area contributed by atoms with Crippen LogP contribution in [-0.4, -0.2) is 40.2 Å². The van der Waals surface area contributed by atoms with Crippen molar-refractivity contribution in [2.45, 2.75) is 46.1 Å². The number of hydrogen-bond acceptors (Lipinski definition) is 8. The molecule has 0 aliphatic carbocycles. The third-order valence-electron chi connectivity index (χ3n) is 6.11. The number of rotatable bonds is 12. The minimum Gasteiger partial charge on any atom is -0.480 e. The Morgan fingerprint density at radius 2 is 1.78 bits per heavy atom. The zero-order valence-corrected chi connectivity index (χ0v) is 21.2. The number of nitrogens with one attached hydrogen (secondary N) is 1. The first-order valence-electron chi connectivity index (χ1n) is 12.4. The molecule has 0 radical (unpaired) electrons. The van der Waals surface area contributed by atoms with Gasteiger partial charge >= 0.3 is 5.97 Å². The zero-order chi connectivity index (χ0) is 26.5. The van der Waals surface area contributed by atoms with Gasteiger partial charge in [0.05, 0.1) is 5.39 Å². The maximum absolute atomic E-state index is 12.3. The maximum atomic E-state index is 12.3. The summed E-state index contributed by atoms with van der Waals surface area (Å²) in [5, 5.41) is 14.4. The minimum absolute atomic E-state index is 0.0882. The lowest BCUT2D eigenvalue weighted by Crippen LogP contribution is -2.46. The van der Waals surface area contributed by atoms with Gasteiger partial charge in [0.2, 0.25) is 5.88 Å². The molecule has 0 bridgehead atoms. The highest BCUT2D eigenvalue weighted by atomic mass is 16.5. The van der Waals surface area contributed by atoms with Crippen molar-refractivity contribution in [3.05, 3.63) is 80.5 Å². The first kappa shape index (κ1) is 25.8. The molecule has 0 fully saturated rings. The average Bonchev–Trinajstić information content (AvgIpc) is 2.88. The molecular formula is C28H30N4O5. The van der Waals surface area contributed by atoms with Crippen molar-refractivity contribution < 1.29 is 14.6 Å². The summed E-state index contributed by atoms with van der Waals surface area (Å²) in [5.41, 5.74) is 0.684. The summed E-state index contributed by atoms with van der Waals surface area (Å²) in [4.78, 5) is 47.1. The van der Waals surface area contributed by atoms with Crippen molar-refractivity contribution in [2.75, 3.05) is 23.3 Å². The van der Waals surface area contributed by atoms with Gasteiger partial charge in [0.1, 0.15) is 23.2 Å². The quantitative estimate of drug-likeness (QED) is 0.276. The van der Waals surface area contributed by atoms with Crippen molar-refractivity contribution in [1.82, 2.24) is 9.97 Å². The third-order valence-corrected chi connectivity index (χ3v) is 6.11. The Kier molecular flexibility index (Phi) is 7.81. The van der Waals surface area contributed by atoms with Crippen LogP contribution in [0.2, 0.25) is 0 Å². The fraction of sp³-hybridized carbons (Fsp3) is 0.321. The number of carbonyl (C=O) groups is 1. The summed E-state index contributed by atoms with van der Waals surface area (Å²) in [7, 11) is 0. The van der Waals surface area contributed by atoms with Crippen molar-refractivity contribution >= 4 is 28.1 Å². The minimum atomic E-state index is -1.11. The SMILES string of the molecule is CCCN(CCC)c1c(N[C@@H](Cc2ccc(Oc3nc(C)cc4ccncc34)cc2)C(=O)O)c(=O)c1=O. The van der Waals surface area contributed by atoms with Crippen LogP contribution in [0, 0.1) is 6.92 Å². The van der Waals surface area contributed by atoms with Crippen LogP contribution in [0.5, 0.6) is 11.6 Å². The summed E-state index contributed by atoms with van der Waals surface area (Å²) in [6.07, 6.45) is 5.14. The van der Waals surface area contributed by atoms with E-state index in [2.05, 4.69) is 15.3 Å². The van der Waals surface area contributed by atoms with Crippen molar-refractivity contribution in [1.29, 1.82) is 0 Å². The highest BCUT2D eigenvalue weighted by Gasteiger charge is 2.29. The summed E-state index contributed by atoms with van der Waals surface area (Å²) >= 11 is 0. The standard InChI is InChI=1S/C28H30N4O5/c1-4-12-32(13-5-2)24-23(25(33)26(24)34)31-22(28(35)36)15-18-6-8-20(9-7-18)37-27-21-16-29-11-10-19(21)14-17(3)30-27/h6-11,14,16,22,31H,4-5,12-13,15H2,1-3H3,(H,35,36)/t22-/m0/s1. The van der Waals surface area contributed by atoms with E-state index in [0.717, 1.165) is 34.9 Å². The fourth-order valence-corrected chi connectivity index (χ4v) is 4.37. The van der Waals surface area contributed by atoms with E-state index < -0.39 is 22.9 Å². The lowest BCUT2D eigenvalue weighted by molar-refractivity contribution is -0.137. The van der Waals surface area contributed by atoms with Gasteiger partial charge in [-0.05, 0) is 55.0 Å². The summed E-state index contributed by atoms with van der Waals surface area (Å²) in [6.45, 7) is 7.10. The van der Waals surface area contributed by atoms with E-state index >= 15 is 0 Å². The number of carboxylic acid groups (broad SMARTS) is 1. The lowest BCUT2D eigenvalue weighted by atomic mass is 10.0. The zero-order valence-electron chi connectivity index (χ0n) is 21.2. The van der Waals surface area contributed by atoms with Gasteiger partial charge in [-0.3, -0.25) is 14.6 Å². The van der Waals surface area contributed by atoms with E-state index in [1.165, 1.54) is 0 Å². The molecule has 2 aromatic carbocycles. The summed E-state index contributed by atoms with van der Waals surface area (Å²) in [6, 6.07) is 9.80. The number of aryl methyl sites for hydroxylation is 1. The van der Waals surface area contributed by atoms with Crippen LogP contribution >= 0.6 is 0 Å². The molecule has 37 heavy (non-hydrogen) atoms. The number of benzene rings is 1. The number of pyridine rings is 2. The molecule has 1 atom stereocenters. The van der Waals surface area contributed by atoms with Crippen LogP contribution in [-0.2, 0) is 11.2 Å². The smallest absolute Gasteiger partial charge is 0.326 e. The molecule has 0 aliphatic rings. The first-order valence-corrected chi connectivity index (χ1v) is 12.4. The lowest BCUT2D eigenvalue weighted by Gasteiger charge is -2.28. The van der Waals surface area contributed by atoms with E-state index in [1.807, 2.05) is 37.8 Å². The Morgan fingerprint density at radius 1 is 1.08 bits per heavy atom. The van der Waals surface area contributed by atoms with Gasteiger partial charge < -0.3 is 20.1 Å². The molecule has 9 heteroatoms. The number of carboxylic acids is 1. The predicted molar refractivity (Wildman–Crippen MR) is 144 cm³/mol. The number of aliphatic carboxylic acids is 1. The second-order valence-corrected chi connectivity index (χ2v) is 9.02. The molecule has 0 aliphatic heterocycles. The van der Waals surface area contributed by atoms with Gasteiger partial charge in [0.25, 0.3) is 10.9 Å². The topological polar surface area (TPSA) is 122 Å². The monoisotopic (exact) mass is 502 g/mol. The molecule has 2 aromatic heterocycles. The van der Waals surface area contributed by atoms with E-state index in [-0.39, 0.29) is 17.8 Å². The molecule has 0 saturated heterocycles. The van der Waals surface area contributed by atoms with E-state index in [1.54, 1.807) is 36.7 Å². The molecule has 0 unspecified atom stereocenters. The van der Waals surface area contributed by atoms with E-state index in [0.29, 0.717) is 24.7 Å². The molecule has 2 N–H and O–H groups in total. The van der Waals surface area contributed by atoms with E-state index in [9.17, 15) is 19.5 Å². The number of aromatic nitrogens is 2. The highest BCUT2D eigenvalue weighted by molar-refractivity contribution is 5.86. The number of nitrogens with zero attached hydrogens (tertiary/aromatic N) is 3. The Bertz CT molecular complexity index is 1470. The number of ether oxygens (including phenoxy) is 1. The van der Waals surface area contributed by atoms with Crippen molar-refractivity contribution in [3.63, 3.8) is 0 Å². The van der Waals surface area contributed by atoms with Gasteiger partial charge in [-0.25, -0.2) is 9.78 Å². The first-order chi connectivity index (χ1) is 17.8. The summed E-state index contributed by atoms with van der Waals surface area (Å²) in [5.74, 6) is -0.122. The number of anilines is 2. The number of hydrogen-bond donors (Lipinski definition) is 2. The number of fused-ring (bicyclic) bond motifs is 1. The van der Waals surface area contributed by atoms with E-state index in [4.69, 9.17) is 4.74 Å². The normalized spacial score (nSPS) is 12.0. The van der Waals surface area contributed by atoms with Crippen molar-refractivity contribution in [3.8, 4) is 11.6 Å². The molecule has 2 heterocycles. The molecule has 0 saturated carbocycles. The molecule has 0 spiro atoms. The van der Waals surface area contributed by atoms with Crippen LogP contribution < -0.4 is 25.8 Å². The van der Waals surface area contributed by atoms with Crippen LogP contribution in [0.25, 0.3) is 10.8 Å². The molecule has 4 aromatic rings.